The Balaban J connectivity index is 1.67. The van der Waals surface area contributed by atoms with E-state index in [1.165, 1.54) is 0 Å². The molecule has 8 nitrogen and oxygen atoms in total. The molecule has 0 fully saturated rings. The lowest BCUT2D eigenvalue weighted by atomic mass is 10.1. The molecule has 3 heterocycles. The van der Waals surface area contributed by atoms with E-state index in [1.54, 1.807) is 24.8 Å². The van der Waals surface area contributed by atoms with E-state index >= 15 is 0 Å². The van der Waals surface area contributed by atoms with Crippen LogP contribution < -0.4 is 15.8 Å². The number of thiazole rings is 1. The fraction of sp³-hybridized carbons (Fsp3) is 0.200. The highest BCUT2D eigenvalue weighted by Crippen LogP contribution is 2.36. The molecule has 0 aliphatic heterocycles. The molecule has 1 aromatic carbocycles. The first-order chi connectivity index (χ1) is 14.5. The van der Waals surface area contributed by atoms with Gasteiger partial charge in [-0.3, -0.25) is 14.2 Å². The number of fused-ring (bicyclic) bond motifs is 1. The smallest absolute Gasteiger partial charge is 0.264 e. The Morgan fingerprint density at radius 3 is 2.97 bits per heavy atom. The van der Waals surface area contributed by atoms with Crippen molar-refractivity contribution in [2.24, 2.45) is 5.73 Å². The lowest BCUT2D eigenvalue weighted by Crippen LogP contribution is -2.13. The van der Waals surface area contributed by atoms with Gasteiger partial charge in [-0.25, -0.2) is 4.98 Å². The highest BCUT2D eigenvalue weighted by molar-refractivity contribution is 7.17. The van der Waals surface area contributed by atoms with Crippen molar-refractivity contribution in [1.29, 1.82) is 0 Å². The number of benzene rings is 1. The summed E-state index contributed by atoms with van der Waals surface area (Å²) in [5.41, 5.74) is 8.83. The quantitative estimate of drug-likeness (QED) is 0.453. The molecule has 3 N–H and O–H groups in total. The zero-order chi connectivity index (χ0) is 21.3. The van der Waals surface area contributed by atoms with Gasteiger partial charge in [0.2, 0.25) is 5.88 Å². The molecule has 0 saturated carbocycles. The lowest BCUT2D eigenvalue weighted by Gasteiger charge is -2.16. The lowest BCUT2D eigenvalue weighted by molar-refractivity contribution is 0.0997. The predicted molar refractivity (Wildman–Crippen MR) is 116 cm³/mol. The molecule has 0 aliphatic carbocycles. The number of carbonyl (C=O) groups excluding carboxylic acids is 1. The molecule has 1 atom stereocenters. The van der Waals surface area contributed by atoms with Crippen LogP contribution in [0.25, 0.3) is 16.3 Å². The number of primary amides is 1. The highest BCUT2D eigenvalue weighted by Gasteiger charge is 2.23. The van der Waals surface area contributed by atoms with E-state index in [2.05, 4.69) is 20.3 Å². The van der Waals surface area contributed by atoms with Gasteiger partial charge in [-0.15, -0.1) is 11.3 Å². The maximum absolute atomic E-state index is 12.0. The number of hydrogen-bond acceptors (Lipinski definition) is 7. The Kier molecular flexibility index (Phi) is 5.67. The Hall–Kier alpha value is -3.01. The average Bonchev–Trinajstić information content (AvgIpc) is 3.32. The summed E-state index contributed by atoms with van der Waals surface area (Å²) in [7, 11) is 1.87. The molecule has 0 saturated heterocycles. The minimum absolute atomic E-state index is 0.175. The van der Waals surface area contributed by atoms with Crippen molar-refractivity contribution in [3.8, 4) is 16.6 Å². The van der Waals surface area contributed by atoms with E-state index in [0.717, 1.165) is 28.2 Å². The van der Waals surface area contributed by atoms with Gasteiger partial charge in [0.1, 0.15) is 16.8 Å². The number of ether oxygens (including phenoxy) is 1. The second kappa shape index (κ2) is 8.39. The van der Waals surface area contributed by atoms with Crippen LogP contribution in [0.4, 0.5) is 0 Å². The van der Waals surface area contributed by atoms with E-state index in [9.17, 15) is 4.79 Å². The zero-order valence-corrected chi connectivity index (χ0v) is 17.9. The molecule has 30 heavy (non-hydrogen) atoms. The van der Waals surface area contributed by atoms with Crippen LogP contribution in [0.5, 0.6) is 5.88 Å². The first kappa shape index (κ1) is 20.3. The Morgan fingerprint density at radius 1 is 1.40 bits per heavy atom. The maximum atomic E-state index is 12.0. The summed E-state index contributed by atoms with van der Waals surface area (Å²) in [6, 6.07) is 5.78. The number of halogens is 1. The second-order valence-electron chi connectivity index (χ2n) is 6.61. The van der Waals surface area contributed by atoms with Crippen molar-refractivity contribution < 1.29 is 9.53 Å². The monoisotopic (exact) mass is 442 g/mol. The number of hydrogen-bond donors (Lipinski definition) is 2. The highest BCUT2D eigenvalue weighted by atomic mass is 35.5. The molecule has 154 valence electrons. The molecule has 0 aliphatic rings. The molecule has 10 heteroatoms. The van der Waals surface area contributed by atoms with Crippen LogP contribution in [0, 0.1) is 0 Å². The van der Waals surface area contributed by atoms with Gasteiger partial charge in [-0.1, -0.05) is 23.7 Å². The van der Waals surface area contributed by atoms with Gasteiger partial charge in [-0.2, -0.15) is 4.98 Å². The van der Waals surface area contributed by atoms with E-state index in [1.807, 2.05) is 36.6 Å². The van der Waals surface area contributed by atoms with E-state index in [-0.39, 0.29) is 10.8 Å². The van der Waals surface area contributed by atoms with E-state index < -0.39 is 12.0 Å². The summed E-state index contributed by atoms with van der Waals surface area (Å²) >= 11 is 7.60. The van der Waals surface area contributed by atoms with Crippen LogP contribution in [-0.4, -0.2) is 32.3 Å². The summed E-state index contributed by atoms with van der Waals surface area (Å²) in [5.74, 6) is -0.429. The summed E-state index contributed by atoms with van der Waals surface area (Å²) in [6.45, 7) is 2.56. The topological polar surface area (TPSA) is 107 Å². The van der Waals surface area contributed by atoms with Crippen molar-refractivity contribution in [2.75, 3.05) is 7.05 Å². The van der Waals surface area contributed by atoms with Gasteiger partial charge >= 0.3 is 0 Å². The molecule has 1 amide bonds. The molecule has 4 rings (SSSR count). The summed E-state index contributed by atoms with van der Waals surface area (Å²) in [5, 5.41) is 4.24. The van der Waals surface area contributed by atoms with Crippen molar-refractivity contribution in [3.63, 3.8) is 0 Å². The van der Waals surface area contributed by atoms with Crippen LogP contribution in [0.3, 0.4) is 0 Å². The number of carbonyl (C=O) groups is 1. The molecule has 4 aromatic rings. The van der Waals surface area contributed by atoms with E-state index in [0.29, 0.717) is 22.2 Å². The molecular weight excluding hydrogens is 424 g/mol. The third kappa shape index (κ3) is 3.87. The molecule has 0 radical (unpaired) electrons. The van der Waals surface area contributed by atoms with E-state index in [4.69, 9.17) is 22.1 Å². The SMILES string of the molecule is CNCc1ccc([C@@H](C)Oc2nc(-c3cnc4cnccn34)sc2C(N)=O)c(Cl)c1. The number of rotatable bonds is 7. The second-order valence-corrected chi connectivity index (χ2v) is 8.02. The number of nitrogens with one attached hydrogen (secondary N) is 1. The standard InChI is InChI=1S/C20H19ClN6O2S/c1-11(13-4-3-12(8-23-2)7-14(13)21)29-19-17(18(22)28)30-20(26-19)15-9-25-16-10-24-5-6-27(15)16/h3-7,9-11,23H,8H2,1-2H3,(H2,22,28)/t11-/m1/s1. The van der Waals surface area contributed by atoms with Crippen LogP contribution in [0.2, 0.25) is 5.02 Å². The van der Waals surface area contributed by atoms with Crippen molar-refractivity contribution in [1.82, 2.24) is 24.7 Å². The van der Waals surface area contributed by atoms with Crippen molar-refractivity contribution in [3.05, 3.63) is 64.0 Å². The summed E-state index contributed by atoms with van der Waals surface area (Å²) in [6.07, 6.45) is 6.32. The summed E-state index contributed by atoms with van der Waals surface area (Å²) in [4.78, 5) is 25.1. The predicted octanol–water partition coefficient (Wildman–Crippen LogP) is 3.46. The van der Waals surface area contributed by atoms with Crippen LogP contribution in [0.15, 0.2) is 43.0 Å². The normalized spacial score (nSPS) is 12.2. The third-order valence-corrected chi connectivity index (χ3v) is 5.93. The molecule has 0 bridgehead atoms. The number of aromatic nitrogens is 4. The molecular formula is C20H19ClN6O2S. The van der Waals surface area contributed by atoms with Gasteiger partial charge in [-0.05, 0) is 25.6 Å². The van der Waals surface area contributed by atoms with Crippen molar-refractivity contribution in [2.45, 2.75) is 19.6 Å². The fourth-order valence-corrected chi connectivity index (χ4v) is 4.31. The number of imidazole rings is 1. The Bertz CT molecular complexity index is 1220. The largest absolute Gasteiger partial charge is 0.469 e. The number of amides is 1. The van der Waals surface area contributed by atoms with Crippen molar-refractivity contribution >= 4 is 34.5 Å². The minimum Gasteiger partial charge on any atom is -0.469 e. The molecule has 3 aromatic heterocycles. The van der Waals surface area contributed by atoms with Crippen LogP contribution >= 0.6 is 22.9 Å². The Labute approximate surface area is 181 Å². The summed E-state index contributed by atoms with van der Waals surface area (Å²) < 4.78 is 7.86. The van der Waals surface area contributed by atoms with Gasteiger partial charge in [0.25, 0.3) is 5.91 Å². The first-order valence-electron chi connectivity index (χ1n) is 9.15. The molecule has 0 unspecified atom stereocenters. The van der Waals surface area contributed by atoms with Crippen LogP contribution in [0.1, 0.15) is 33.8 Å². The average molecular weight is 443 g/mol. The van der Waals surface area contributed by atoms with Crippen LogP contribution in [-0.2, 0) is 6.54 Å². The molecule has 0 spiro atoms. The van der Waals surface area contributed by atoms with Gasteiger partial charge in [0, 0.05) is 29.5 Å². The number of nitrogens with zero attached hydrogens (tertiary/aromatic N) is 4. The maximum Gasteiger partial charge on any atom is 0.264 e. The van der Waals surface area contributed by atoms with Gasteiger partial charge < -0.3 is 15.8 Å². The first-order valence-corrected chi connectivity index (χ1v) is 10.3. The minimum atomic E-state index is -0.605. The zero-order valence-electron chi connectivity index (χ0n) is 16.3. The Morgan fingerprint density at radius 2 is 2.23 bits per heavy atom. The third-order valence-electron chi connectivity index (χ3n) is 4.53. The van der Waals surface area contributed by atoms with Gasteiger partial charge in [0.15, 0.2) is 10.5 Å². The number of nitrogens with two attached hydrogens (primary N) is 1. The fourth-order valence-electron chi connectivity index (χ4n) is 3.10. The van der Waals surface area contributed by atoms with Gasteiger partial charge in [0.05, 0.1) is 12.4 Å².